The number of fused-ring (bicyclic) bond motifs is 1. The molecule has 5 heteroatoms. The molecule has 3 rings (SSSR count). The van der Waals surface area contributed by atoms with Gasteiger partial charge in [-0.2, -0.15) is 0 Å². The maximum Gasteiger partial charge on any atom is 0.222 e. The minimum atomic E-state index is -0.603. The first-order valence-corrected chi connectivity index (χ1v) is 8.00. The van der Waals surface area contributed by atoms with Crippen molar-refractivity contribution in [1.82, 2.24) is 10.2 Å². The van der Waals surface area contributed by atoms with E-state index in [-0.39, 0.29) is 18.1 Å². The smallest absolute Gasteiger partial charge is 0.222 e. The molecule has 1 aliphatic carbocycles. The molecule has 1 aliphatic heterocycles. The van der Waals surface area contributed by atoms with Gasteiger partial charge in [-0.15, -0.1) is 0 Å². The molecule has 5 nitrogen and oxygen atoms in total. The van der Waals surface area contributed by atoms with E-state index in [2.05, 4.69) is 17.4 Å². The van der Waals surface area contributed by atoms with Gasteiger partial charge in [0.1, 0.15) is 0 Å². The van der Waals surface area contributed by atoms with Gasteiger partial charge < -0.3 is 20.4 Å². The van der Waals surface area contributed by atoms with Crippen molar-refractivity contribution in [1.29, 1.82) is 0 Å². The van der Waals surface area contributed by atoms with E-state index in [9.17, 15) is 15.0 Å². The van der Waals surface area contributed by atoms with Gasteiger partial charge in [0.2, 0.25) is 5.91 Å². The van der Waals surface area contributed by atoms with E-state index in [4.69, 9.17) is 0 Å². The topological polar surface area (TPSA) is 72.8 Å². The van der Waals surface area contributed by atoms with Crippen molar-refractivity contribution < 1.29 is 15.0 Å². The molecule has 1 aromatic carbocycles. The number of aliphatic hydroxyl groups excluding tert-OH is 2. The van der Waals surface area contributed by atoms with Crippen LogP contribution in [0.15, 0.2) is 24.3 Å². The van der Waals surface area contributed by atoms with Gasteiger partial charge in [0.05, 0.1) is 12.7 Å². The quantitative estimate of drug-likeness (QED) is 0.696. The summed E-state index contributed by atoms with van der Waals surface area (Å²) in [5.74, 6) is 0.129. The molecule has 0 bridgehead atoms. The van der Waals surface area contributed by atoms with Crippen LogP contribution in [0.3, 0.4) is 0 Å². The number of nitrogens with zero attached hydrogens (tertiary/aromatic N) is 1. The normalized spacial score (nSPS) is 21.2. The van der Waals surface area contributed by atoms with E-state index in [0.29, 0.717) is 19.5 Å². The lowest BCUT2D eigenvalue weighted by molar-refractivity contribution is -0.128. The van der Waals surface area contributed by atoms with Gasteiger partial charge >= 0.3 is 0 Å². The van der Waals surface area contributed by atoms with Crippen LogP contribution in [0.4, 0.5) is 0 Å². The molecule has 1 heterocycles. The van der Waals surface area contributed by atoms with Gasteiger partial charge in [0, 0.05) is 31.6 Å². The minimum absolute atomic E-state index is 0.0387. The third-order valence-corrected chi connectivity index (χ3v) is 4.79. The lowest BCUT2D eigenvalue weighted by Crippen LogP contribution is -2.53. The highest BCUT2D eigenvalue weighted by Gasteiger charge is 2.36. The Morgan fingerprint density at radius 2 is 1.95 bits per heavy atom. The van der Waals surface area contributed by atoms with E-state index >= 15 is 0 Å². The summed E-state index contributed by atoms with van der Waals surface area (Å²) in [5.41, 5.74) is 2.13. The van der Waals surface area contributed by atoms with Crippen molar-refractivity contribution in [3.8, 4) is 0 Å². The Morgan fingerprint density at radius 3 is 2.50 bits per heavy atom. The molecule has 1 unspecified atom stereocenters. The number of hydrogen-bond acceptors (Lipinski definition) is 4. The number of benzene rings is 1. The molecular weight excluding hydrogens is 280 g/mol. The highest BCUT2D eigenvalue weighted by Crippen LogP contribution is 2.29. The summed E-state index contributed by atoms with van der Waals surface area (Å²) in [7, 11) is 0. The number of likely N-dealkylation sites (tertiary alicyclic amines) is 1. The highest BCUT2D eigenvalue weighted by atomic mass is 16.3. The first kappa shape index (κ1) is 15.5. The Labute approximate surface area is 130 Å². The van der Waals surface area contributed by atoms with Crippen LogP contribution in [0.1, 0.15) is 24.0 Å². The molecule has 2 aliphatic rings. The van der Waals surface area contributed by atoms with Crippen LogP contribution in [-0.4, -0.2) is 58.9 Å². The molecule has 120 valence electrons. The summed E-state index contributed by atoms with van der Waals surface area (Å²) in [6.45, 7) is 1.54. The third-order valence-electron chi connectivity index (χ3n) is 4.79. The molecule has 3 N–H and O–H groups in total. The SMILES string of the molecule is O=C1CCCN1CC(O)CNC1(CO)Cc2ccccc2C1. The fourth-order valence-corrected chi connectivity index (χ4v) is 3.54. The Morgan fingerprint density at radius 1 is 1.27 bits per heavy atom. The van der Waals surface area contributed by atoms with Crippen molar-refractivity contribution >= 4 is 5.91 Å². The summed E-state index contributed by atoms with van der Waals surface area (Å²) in [6.07, 6.45) is 2.42. The van der Waals surface area contributed by atoms with Crippen molar-refractivity contribution in [2.24, 2.45) is 0 Å². The zero-order chi connectivity index (χ0) is 15.6. The van der Waals surface area contributed by atoms with Crippen molar-refractivity contribution in [3.05, 3.63) is 35.4 Å². The van der Waals surface area contributed by atoms with E-state index in [1.165, 1.54) is 11.1 Å². The second-order valence-corrected chi connectivity index (χ2v) is 6.54. The lowest BCUT2D eigenvalue weighted by atomic mass is 9.96. The Balaban J connectivity index is 1.55. The maximum atomic E-state index is 11.6. The van der Waals surface area contributed by atoms with Crippen LogP contribution in [-0.2, 0) is 17.6 Å². The van der Waals surface area contributed by atoms with Gasteiger partial charge in [-0.05, 0) is 30.4 Å². The molecule has 0 aromatic heterocycles. The van der Waals surface area contributed by atoms with E-state index in [0.717, 1.165) is 25.8 Å². The second kappa shape index (κ2) is 6.36. The summed E-state index contributed by atoms with van der Waals surface area (Å²) in [5, 5.41) is 23.3. The van der Waals surface area contributed by atoms with Crippen LogP contribution in [0.2, 0.25) is 0 Å². The third kappa shape index (κ3) is 3.16. The average molecular weight is 304 g/mol. The number of amides is 1. The molecule has 1 atom stereocenters. The average Bonchev–Trinajstić information content (AvgIpc) is 3.09. The first-order valence-electron chi connectivity index (χ1n) is 8.00. The Bertz CT molecular complexity index is 521. The van der Waals surface area contributed by atoms with Gasteiger partial charge in [-0.1, -0.05) is 24.3 Å². The molecular formula is C17H24N2O3. The summed E-state index contributed by atoms with van der Waals surface area (Å²) >= 11 is 0. The standard InChI is InChI=1S/C17H24N2O3/c20-12-17(8-13-4-1-2-5-14(13)9-17)18-10-15(21)11-19-7-3-6-16(19)22/h1-2,4-5,15,18,20-21H,3,6-12H2. The summed E-state index contributed by atoms with van der Waals surface area (Å²) in [6, 6.07) is 8.21. The van der Waals surface area contributed by atoms with Gasteiger partial charge in [0.15, 0.2) is 0 Å². The molecule has 22 heavy (non-hydrogen) atoms. The van der Waals surface area contributed by atoms with Crippen LogP contribution < -0.4 is 5.32 Å². The molecule has 1 aromatic rings. The molecule has 1 amide bonds. The van der Waals surface area contributed by atoms with Crippen molar-refractivity contribution in [2.45, 2.75) is 37.3 Å². The minimum Gasteiger partial charge on any atom is -0.394 e. The van der Waals surface area contributed by atoms with Gasteiger partial charge in [-0.3, -0.25) is 4.79 Å². The molecule has 1 saturated heterocycles. The van der Waals surface area contributed by atoms with Crippen molar-refractivity contribution in [2.75, 3.05) is 26.2 Å². The van der Waals surface area contributed by atoms with Crippen molar-refractivity contribution in [3.63, 3.8) is 0 Å². The zero-order valence-corrected chi connectivity index (χ0v) is 12.8. The summed E-state index contributed by atoms with van der Waals surface area (Å²) < 4.78 is 0. The molecule has 0 radical (unpaired) electrons. The van der Waals surface area contributed by atoms with Crippen LogP contribution in [0, 0.1) is 0 Å². The molecule has 0 spiro atoms. The Kier molecular flexibility index (Phi) is 4.47. The fraction of sp³-hybridized carbons (Fsp3) is 0.588. The monoisotopic (exact) mass is 304 g/mol. The fourth-order valence-electron chi connectivity index (χ4n) is 3.54. The number of nitrogens with one attached hydrogen (secondary N) is 1. The van der Waals surface area contributed by atoms with E-state index in [1.54, 1.807) is 4.90 Å². The number of carbonyl (C=O) groups is 1. The molecule has 0 saturated carbocycles. The number of aliphatic hydroxyl groups is 2. The largest absolute Gasteiger partial charge is 0.394 e. The van der Waals surface area contributed by atoms with Gasteiger partial charge in [-0.25, -0.2) is 0 Å². The van der Waals surface area contributed by atoms with Crippen LogP contribution >= 0.6 is 0 Å². The predicted octanol–water partition coefficient (Wildman–Crippen LogP) is 0.0892. The first-order chi connectivity index (χ1) is 10.6. The van der Waals surface area contributed by atoms with E-state index in [1.807, 2.05) is 12.1 Å². The second-order valence-electron chi connectivity index (χ2n) is 6.54. The van der Waals surface area contributed by atoms with Crippen LogP contribution in [0.5, 0.6) is 0 Å². The van der Waals surface area contributed by atoms with Crippen LogP contribution in [0.25, 0.3) is 0 Å². The van der Waals surface area contributed by atoms with Gasteiger partial charge in [0.25, 0.3) is 0 Å². The maximum absolute atomic E-state index is 11.6. The van der Waals surface area contributed by atoms with E-state index < -0.39 is 6.10 Å². The number of carbonyl (C=O) groups excluding carboxylic acids is 1. The number of rotatable bonds is 6. The summed E-state index contributed by atoms with van der Waals surface area (Å²) in [4.78, 5) is 13.3. The number of β-amino-alcohol motifs (C(OH)–C–C–N with tert-alkyl or cyclic N) is 1. The number of hydrogen-bond donors (Lipinski definition) is 3. The lowest BCUT2D eigenvalue weighted by Gasteiger charge is -2.30. The Hall–Kier alpha value is -1.43. The predicted molar refractivity (Wildman–Crippen MR) is 83.5 cm³/mol. The zero-order valence-electron chi connectivity index (χ0n) is 12.8. The highest BCUT2D eigenvalue weighted by molar-refractivity contribution is 5.78. The molecule has 1 fully saturated rings.